The van der Waals surface area contributed by atoms with Gasteiger partial charge in [-0.15, -0.1) is 0 Å². The highest BCUT2D eigenvalue weighted by atomic mass is 32.2. The summed E-state index contributed by atoms with van der Waals surface area (Å²) in [7, 11) is 0. The first-order valence-electron chi connectivity index (χ1n) is 6.82. The third kappa shape index (κ3) is 3.42. The molecule has 21 heavy (non-hydrogen) atoms. The van der Waals surface area contributed by atoms with Gasteiger partial charge in [-0.3, -0.25) is 5.43 Å². The number of aromatic nitrogens is 4. The van der Waals surface area contributed by atoms with E-state index in [0.29, 0.717) is 22.3 Å². The van der Waals surface area contributed by atoms with E-state index in [1.54, 1.807) is 6.26 Å². The zero-order valence-electron chi connectivity index (χ0n) is 11.7. The number of hydrogen-bond donors (Lipinski definition) is 2. The molecule has 0 bridgehead atoms. The number of rotatable bonds is 4. The molecule has 3 heterocycles. The lowest BCUT2D eigenvalue weighted by Crippen LogP contribution is -2.31. The van der Waals surface area contributed by atoms with Gasteiger partial charge < -0.3 is 9.32 Å². The molecule has 0 spiro atoms. The first-order valence-corrected chi connectivity index (χ1v) is 7.64. The molecule has 3 N–H and O–H groups in total. The summed E-state index contributed by atoms with van der Waals surface area (Å²) in [5.74, 6) is 6.43. The van der Waals surface area contributed by atoms with E-state index in [9.17, 15) is 0 Å². The number of piperidine rings is 1. The molecule has 112 valence electrons. The Morgan fingerprint density at radius 2 is 2.00 bits per heavy atom. The van der Waals surface area contributed by atoms with Gasteiger partial charge in [0.1, 0.15) is 6.26 Å². The van der Waals surface area contributed by atoms with Crippen LogP contribution in [0.4, 0.5) is 11.9 Å². The van der Waals surface area contributed by atoms with Gasteiger partial charge >= 0.3 is 0 Å². The van der Waals surface area contributed by atoms with E-state index in [-0.39, 0.29) is 0 Å². The number of nitrogens with zero attached hydrogens (tertiary/aromatic N) is 5. The lowest BCUT2D eigenvalue weighted by atomic mass is 10.1. The Bertz CT molecular complexity index is 611. The molecule has 0 aliphatic carbocycles. The van der Waals surface area contributed by atoms with Crippen molar-refractivity contribution in [2.45, 2.75) is 36.6 Å². The Balaban J connectivity index is 1.85. The average Bonchev–Trinajstić information content (AvgIpc) is 2.93. The molecule has 1 aliphatic heterocycles. The van der Waals surface area contributed by atoms with Crippen LogP contribution in [0.5, 0.6) is 0 Å². The summed E-state index contributed by atoms with van der Waals surface area (Å²) in [4.78, 5) is 19.4. The molecule has 8 nitrogen and oxygen atoms in total. The first-order chi connectivity index (χ1) is 10.2. The lowest BCUT2D eigenvalue weighted by molar-refractivity contribution is 0.453. The van der Waals surface area contributed by atoms with E-state index in [4.69, 9.17) is 10.3 Å². The quantitative estimate of drug-likeness (QED) is 0.643. The second-order valence-corrected chi connectivity index (χ2v) is 5.71. The third-order valence-corrected chi connectivity index (χ3v) is 3.87. The Labute approximate surface area is 126 Å². The van der Waals surface area contributed by atoms with Crippen molar-refractivity contribution in [3.8, 4) is 0 Å². The van der Waals surface area contributed by atoms with Crippen LogP contribution in [-0.2, 0) is 0 Å². The first kappa shape index (κ1) is 14.1. The van der Waals surface area contributed by atoms with Gasteiger partial charge in [-0.05, 0) is 26.2 Å². The van der Waals surface area contributed by atoms with Crippen molar-refractivity contribution in [3.05, 3.63) is 12.0 Å². The maximum absolute atomic E-state index is 5.45. The molecule has 0 aromatic carbocycles. The van der Waals surface area contributed by atoms with Gasteiger partial charge in [-0.25, -0.2) is 10.8 Å². The molecule has 3 rings (SSSR count). The van der Waals surface area contributed by atoms with E-state index in [2.05, 4.69) is 30.3 Å². The van der Waals surface area contributed by atoms with Crippen LogP contribution < -0.4 is 16.2 Å². The lowest BCUT2D eigenvalue weighted by Gasteiger charge is -2.26. The normalized spacial score (nSPS) is 15.2. The maximum Gasteiger partial charge on any atom is 0.263 e. The fourth-order valence-corrected chi connectivity index (χ4v) is 2.85. The van der Waals surface area contributed by atoms with Gasteiger partial charge in [0.2, 0.25) is 17.1 Å². The second kappa shape index (κ2) is 6.27. The summed E-state index contributed by atoms with van der Waals surface area (Å²) in [6, 6.07) is 0. The van der Waals surface area contributed by atoms with E-state index < -0.39 is 0 Å². The maximum atomic E-state index is 5.45. The minimum absolute atomic E-state index is 0.344. The van der Waals surface area contributed by atoms with Crippen molar-refractivity contribution in [1.29, 1.82) is 0 Å². The second-order valence-electron chi connectivity index (χ2n) is 4.79. The molecule has 0 amide bonds. The number of aryl methyl sites for hydroxylation is 1. The molecule has 0 saturated carbocycles. The molecular weight excluding hydrogens is 290 g/mol. The molecule has 1 aliphatic rings. The van der Waals surface area contributed by atoms with Crippen molar-refractivity contribution in [2.24, 2.45) is 5.84 Å². The molecule has 1 fully saturated rings. The predicted octanol–water partition coefficient (Wildman–Crippen LogP) is 1.60. The fraction of sp³-hybridized carbons (Fsp3) is 0.500. The number of hydrazine groups is 1. The molecular formula is C12H17N7OS. The van der Waals surface area contributed by atoms with Crippen LogP contribution >= 0.6 is 11.8 Å². The Hall–Kier alpha value is -1.87. The number of oxazole rings is 1. The number of anilines is 2. The monoisotopic (exact) mass is 307 g/mol. The van der Waals surface area contributed by atoms with Crippen molar-refractivity contribution >= 4 is 23.7 Å². The Morgan fingerprint density at radius 3 is 2.67 bits per heavy atom. The van der Waals surface area contributed by atoms with Gasteiger partial charge in [-0.2, -0.15) is 15.0 Å². The zero-order chi connectivity index (χ0) is 14.7. The van der Waals surface area contributed by atoms with Gasteiger partial charge in [-0.1, -0.05) is 0 Å². The summed E-state index contributed by atoms with van der Waals surface area (Å²) in [6.07, 6.45) is 5.15. The van der Waals surface area contributed by atoms with Crippen molar-refractivity contribution in [3.63, 3.8) is 0 Å². The van der Waals surface area contributed by atoms with Crippen LogP contribution in [0.3, 0.4) is 0 Å². The molecule has 9 heteroatoms. The van der Waals surface area contributed by atoms with Crippen LogP contribution in [0.2, 0.25) is 0 Å². The predicted molar refractivity (Wildman–Crippen MR) is 79.1 cm³/mol. The molecule has 2 aromatic rings. The van der Waals surface area contributed by atoms with Gasteiger partial charge in [0.15, 0.2) is 0 Å². The van der Waals surface area contributed by atoms with Crippen LogP contribution in [0, 0.1) is 6.92 Å². The average molecular weight is 307 g/mol. The van der Waals surface area contributed by atoms with Gasteiger partial charge in [0.25, 0.3) is 5.22 Å². The number of hydrogen-bond acceptors (Lipinski definition) is 9. The summed E-state index contributed by atoms with van der Waals surface area (Å²) in [5.41, 5.74) is 3.30. The zero-order valence-corrected chi connectivity index (χ0v) is 12.6. The highest BCUT2D eigenvalue weighted by molar-refractivity contribution is 7.98. The minimum Gasteiger partial charge on any atom is -0.439 e. The summed E-state index contributed by atoms with van der Waals surface area (Å²) in [5, 5.41) is 1.02. The SMILES string of the molecule is Cc1coc(Sc2nc(NN)nc(N3CCCCC3)n2)n1. The van der Waals surface area contributed by atoms with Crippen LogP contribution in [-0.4, -0.2) is 33.0 Å². The van der Waals surface area contributed by atoms with Crippen LogP contribution in [0.25, 0.3) is 0 Å². The van der Waals surface area contributed by atoms with E-state index in [0.717, 1.165) is 31.6 Å². The number of nitrogens with one attached hydrogen (secondary N) is 1. The summed E-state index contributed by atoms with van der Waals surface area (Å²) in [6.45, 7) is 3.78. The topological polar surface area (TPSA) is 106 Å². The molecule has 2 aromatic heterocycles. The Kier molecular flexibility index (Phi) is 4.20. The van der Waals surface area contributed by atoms with Crippen molar-refractivity contribution < 1.29 is 4.42 Å². The largest absolute Gasteiger partial charge is 0.439 e. The Morgan fingerprint density at radius 1 is 1.19 bits per heavy atom. The number of nitrogens with two attached hydrogens (primary N) is 1. The molecule has 0 radical (unpaired) electrons. The van der Waals surface area contributed by atoms with Gasteiger partial charge in [0, 0.05) is 24.9 Å². The van der Waals surface area contributed by atoms with E-state index in [1.165, 1.54) is 18.2 Å². The highest BCUT2D eigenvalue weighted by Gasteiger charge is 2.17. The van der Waals surface area contributed by atoms with E-state index >= 15 is 0 Å². The fourth-order valence-electron chi connectivity index (χ4n) is 2.15. The summed E-state index contributed by atoms with van der Waals surface area (Å²) < 4.78 is 5.31. The minimum atomic E-state index is 0.344. The highest BCUT2D eigenvalue weighted by Crippen LogP contribution is 2.26. The van der Waals surface area contributed by atoms with Crippen LogP contribution in [0.1, 0.15) is 25.0 Å². The standard InChI is InChI=1S/C12H17N7OS/c1-8-7-20-12(14-8)21-11-16-9(18-13)15-10(17-11)19-5-3-2-4-6-19/h7H,2-6,13H2,1H3,(H,15,16,17,18). The number of nitrogen functional groups attached to an aromatic ring is 1. The van der Waals surface area contributed by atoms with Crippen molar-refractivity contribution in [2.75, 3.05) is 23.4 Å². The summed E-state index contributed by atoms with van der Waals surface area (Å²) >= 11 is 1.25. The molecule has 0 unspecified atom stereocenters. The van der Waals surface area contributed by atoms with E-state index in [1.807, 2.05) is 6.92 Å². The van der Waals surface area contributed by atoms with Crippen molar-refractivity contribution in [1.82, 2.24) is 19.9 Å². The molecule has 1 saturated heterocycles. The van der Waals surface area contributed by atoms with Crippen LogP contribution in [0.15, 0.2) is 21.1 Å². The third-order valence-electron chi connectivity index (χ3n) is 3.15. The molecule has 0 atom stereocenters. The van der Waals surface area contributed by atoms with Gasteiger partial charge in [0.05, 0.1) is 5.69 Å². The smallest absolute Gasteiger partial charge is 0.263 e.